The molecule has 0 saturated carbocycles. The van der Waals surface area contributed by atoms with Gasteiger partial charge in [-0.15, -0.1) is 0 Å². The highest BCUT2D eigenvalue weighted by molar-refractivity contribution is 5.94. The van der Waals surface area contributed by atoms with E-state index in [1.54, 1.807) is 6.92 Å². The molecular formula is C11H16N2O5. The van der Waals surface area contributed by atoms with Gasteiger partial charge in [0.05, 0.1) is 6.61 Å². The van der Waals surface area contributed by atoms with Gasteiger partial charge in [-0.05, 0) is 6.92 Å². The predicted molar refractivity (Wildman–Crippen MR) is 62.0 cm³/mol. The molecule has 1 aliphatic rings. The quantitative estimate of drug-likeness (QED) is 0.714. The molecule has 0 aromatic carbocycles. The summed E-state index contributed by atoms with van der Waals surface area (Å²) >= 11 is 0. The Morgan fingerprint density at radius 3 is 2.17 bits per heavy atom. The summed E-state index contributed by atoms with van der Waals surface area (Å²) < 4.78 is 4.85. The van der Waals surface area contributed by atoms with Crippen LogP contribution in [-0.4, -0.2) is 65.7 Å². The Kier molecular flexibility index (Phi) is 5.16. The lowest BCUT2D eigenvalue weighted by molar-refractivity contribution is -0.132. The van der Waals surface area contributed by atoms with Crippen molar-refractivity contribution >= 4 is 18.0 Å². The number of carboxylic acids is 1. The second kappa shape index (κ2) is 6.63. The van der Waals surface area contributed by atoms with Crippen LogP contribution in [0.15, 0.2) is 12.2 Å². The van der Waals surface area contributed by atoms with E-state index in [1.807, 2.05) is 0 Å². The first kappa shape index (κ1) is 14.0. The lowest BCUT2D eigenvalue weighted by Gasteiger charge is -2.33. The fourth-order valence-corrected chi connectivity index (χ4v) is 1.57. The highest BCUT2D eigenvalue weighted by Crippen LogP contribution is 2.04. The molecule has 1 rings (SSSR count). The van der Waals surface area contributed by atoms with Crippen molar-refractivity contribution in [2.24, 2.45) is 0 Å². The van der Waals surface area contributed by atoms with E-state index in [9.17, 15) is 14.4 Å². The fraction of sp³-hybridized carbons (Fsp3) is 0.545. The van der Waals surface area contributed by atoms with E-state index in [4.69, 9.17) is 9.84 Å². The Bertz CT molecular complexity index is 358. The average Bonchev–Trinajstić information content (AvgIpc) is 2.36. The van der Waals surface area contributed by atoms with Gasteiger partial charge in [0.1, 0.15) is 0 Å². The van der Waals surface area contributed by atoms with Crippen molar-refractivity contribution in [3.63, 3.8) is 0 Å². The van der Waals surface area contributed by atoms with Crippen LogP contribution in [-0.2, 0) is 14.3 Å². The van der Waals surface area contributed by atoms with Crippen LogP contribution in [0.3, 0.4) is 0 Å². The molecule has 0 atom stereocenters. The molecule has 7 nitrogen and oxygen atoms in total. The van der Waals surface area contributed by atoms with Gasteiger partial charge >= 0.3 is 12.1 Å². The van der Waals surface area contributed by atoms with Crippen LogP contribution >= 0.6 is 0 Å². The van der Waals surface area contributed by atoms with Crippen molar-refractivity contribution in [3.05, 3.63) is 12.2 Å². The Morgan fingerprint density at radius 1 is 1.11 bits per heavy atom. The third-order valence-electron chi connectivity index (χ3n) is 2.49. The van der Waals surface area contributed by atoms with Gasteiger partial charge in [0, 0.05) is 38.3 Å². The summed E-state index contributed by atoms with van der Waals surface area (Å²) in [5.41, 5.74) is 0. The lowest BCUT2D eigenvalue weighted by Crippen LogP contribution is -2.50. The zero-order valence-corrected chi connectivity index (χ0v) is 10.2. The molecule has 7 heteroatoms. The molecule has 0 unspecified atom stereocenters. The van der Waals surface area contributed by atoms with Gasteiger partial charge < -0.3 is 19.6 Å². The van der Waals surface area contributed by atoms with Crippen LogP contribution in [0.4, 0.5) is 4.79 Å². The fourth-order valence-electron chi connectivity index (χ4n) is 1.57. The molecular weight excluding hydrogens is 240 g/mol. The van der Waals surface area contributed by atoms with E-state index in [0.717, 1.165) is 12.2 Å². The third kappa shape index (κ3) is 4.08. The summed E-state index contributed by atoms with van der Waals surface area (Å²) in [7, 11) is 0. The third-order valence-corrected chi connectivity index (χ3v) is 2.49. The van der Waals surface area contributed by atoms with E-state index >= 15 is 0 Å². The second-order valence-electron chi connectivity index (χ2n) is 3.68. The van der Waals surface area contributed by atoms with E-state index in [0.29, 0.717) is 32.8 Å². The number of carboxylic acid groups (broad SMARTS) is 1. The highest BCUT2D eigenvalue weighted by atomic mass is 16.6. The van der Waals surface area contributed by atoms with Crippen molar-refractivity contribution in [1.82, 2.24) is 9.80 Å². The molecule has 1 N–H and O–H groups in total. The van der Waals surface area contributed by atoms with Gasteiger partial charge in [-0.1, -0.05) is 0 Å². The summed E-state index contributed by atoms with van der Waals surface area (Å²) in [6.45, 7) is 3.59. The molecule has 0 radical (unpaired) electrons. The number of carbonyl (C=O) groups is 3. The van der Waals surface area contributed by atoms with Crippen molar-refractivity contribution in [2.45, 2.75) is 6.92 Å². The number of aliphatic carboxylic acids is 1. The maximum atomic E-state index is 11.5. The number of nitrogens with zero attached hydrogens (tertiary/aromatic N) is 2. The Balaban J connectivity index is 2.41. The summed E-state index contributed by atoms with van der Waals surface area (Å²) in [6.07, 6.45) is 1.44. The lowest BCUT2D eigenvalue weighted by atomic mass is 10.3. The number of carbonyl (C=O) groups excluding carboxylic acids is 2. The number of rotatable bonds is 3. The first-order chi connectivity index (χ1) is 8.54. The first-order valence-corrected chi connectivity index (χ1v) is 5.66. The summed E-state index contributed by atoms with van der Waals surface area (Å²) in [5, 5.41) is 8.41. The Morgan fingerprint density at radius 2 is 1.67 bits per heavy atom. The van der Waals surface area contributed by atoms with Gasteiger partial charge in [-0.2, -0.15) is 0 Å². The van der Waals surface area contributed by atoms with Crippen molar-refractivity contribution in [1.29, 1.82) is 0 Å². The van der Waals surface area contributed by atoms with E-state index in [2.05, 4.69) is 0 Å². The van der Waals surface area contributed by atoms with Gasteiger partial charge in [0.2, 0.25) is 5.91 Å². The minimum Gasteiger partial charge on any atom is -0.478 e. The van der Waals surface area contributed by atoms with Crippen LogP contribution in [0, 0.1) is 0 Å². The number of hydrogen-bond donors (Lipinski definition) is 1. The van der Waals surface area contributed by atoms with Crippen LogP contribution in [0.1, 0.15) is 6.92 Å². The molecule has 2 amide bonds. The minimum absolute atomic E-state index is 0.319. The molecule has 1 fully saturated rings. The van der Waals surface area contributed by atoms with Gasteiger partial charge in [-0.3, -0.25) is 4.79 Å². The average molecular weight is 256 g/mol. The zero-order valence-electron chi connectivity index (χ0n) is 10.2. The molecule has 1 heterocycles. The molecule has 1 saturated heterocycles. The highest BCUT2D eigenvalue weighted by Gasteiger charge is 2.23. The first-order valence-electron chi connectivity index (χ1n) is 5.66. The van der Waals surface area contributed by atoms with Crippen LogP contribution < -0.4 is 0 Å². The summed E-state index contributed by atoms with van der Waals surface area (Å²) in [6, 6.07) is 0. The Hall–Kier alpha value is -2.05. The maximum absolute atomic E-state index is 11.5. The van der Waals surface area contributed by atoms with E-state index < -0.39 is 5.97 Å². The molecule has 0 aliphatic carbocycles. The Labute approximate surface area is 105 Å². The molecule has 0 aromatic heterocycles. The van der Waals surface area contributed by atoms with E-state index in [-0.39, 0.29) is 12.0 Å². The van der Waals surface area contributed by atoms with Gasteiger partial charge in [0.15, 0.2) is 0 Å². The zero-order chi connectivity index (χ0) is 13.5. The largest absolute Gasteiger partial charge is 0.478 e. The minimum atomic E-state index is -1.16. The van der Waals surface area contributed by atoms with Gasteiger partial charge in [0.25, 0.3) is 0 Å². The van der Waals surface area contributed by atoms with Crippen LogP contribution in [0.25, 0.3) is 0 Å². The smallest absolute Gasteiger partial charge is 0.409 e. The van der Waals surface area contributed by atoms with Crippen LogP contribution in [0.5, 0.6) is 0 Å². The monoisotopic (exact) mass is 256 g/mol. The topological polar surface area (TPSA) is 87.2 Å². The molecule has 0 spiro atoms. The summed E-state index contributed by atoms with van der Waals surface area (Å²) in [4.78, 5) is 36.2. The number of ether oxygens (including phenoxy) is 1. The predicted octanol–water partition coefficient (Wildman–Crippen LogP) is -0.0721. The van der Waals surface area contributed by atoms with Gasteiger partial charge in [-0.25, -0.2) is 9.59 Å². The molecule has 1 aliphatic heterocycles. The molecule has 100 valence electrons. The van der Waals surface area contributed by atoms with E-state index in [1.165, 1.54) is 9.80 Å². The number of amides is 2. The number of hydrogen-bond acceptors (Lipinski definition) is 4. The van der Waals surface area contributed by atoms with Crippen molar-refractivity contribution in [3.8, 4) is 0 Å². The normalized spacial score (nSPS) is 15.8. The maximum Gasteiger partial charge on any atom is 0.409 e. The second-order valence-corrected chi connectivity index (χ2v) is 3.68. The standard InChI is InChI=1S/C11H16N2O5/c1-2-18-11(17)13-7-5-12(6-8-13)9(14)3-4-10(15)16/h3-4H,2,5-8H2,1H3,(H,15,16)/b4-3-. The SMILES string of the molecule is CCOC(=O)N1CCN(C(=O)/C=C\C(=O)O)CC1. The van der Waals surface area contributed by atoms with Crippen molar-refractivity contribution < 1.29 is 24.2 Å². The number of piperazine rings is 1. The van der Waals surface area contributed by atoms with Crippen LogP contribution in [0.2, 0.25) is 0 Å². The molecule has 0 bridgehead atoms. The van der Waals surface area contributed by atoms with Crippen molar-refractivity contribution in [2.75, 3.05) is 32.8 Å². The summed E-state index contributed by atoms with van der Waals surface area (Å²) in [5.74, 6) is -1.52. The molecule has 18 heavy (non-hydrogen) atoms. The molecule has 0 aromatic rings.